The fourth-order valence-electron chi connectivity index (χ4n) is 3.41. The number of rotatable bonds is 3. The van der Waals surface area contributed by atoms with Crippen LogP contribution in [-0.4, -0.2) is 15.5 Å². The maximum absolute atomic E-state index is 12.8. The Morgan fingerprint density at radius 1 is 1.19 bits per heavy atom. The van der Waals surface area contributed by atoms with Crippen LogP contribution in [0.15, 0.2) is 39.8 Å². The zero-order valence-corrected chi connectivity index (χ0v) is 15.3. The first-order valence-electron chi connectivity index (χ1n) is 9.05. The van der Waals surface area contributed by atoms with Gasteiger partial charge in [-0.25, -0.2) is 4.98 Å². The van der Waals surface area contributed by atoms with E-state index in [4.69, 9.17) is 4.98 Å². The molecule has 0 saturated carbocycles. The topological polar surface area (TPSA) is 64.0 Å². The van der Waals surface area contributed by atoms with Gasteiger partial charge in [0.05, 0.1) is 10.9 Å². The van der Waals surface area contributed by atoms with Crippen LogP contribution in [0.4, 0.5) is 0 Å². The molecule has 0 unspecified atom stereocenters. The number of nitrogens with zero attached hydrogens (tertiary/aromatic N) is 2. The van der Waals surface area contributed by atoms with Gasteiger partial charge in [-0.15, -0.1) is 0 Å². The minimum absolute atomic E-state index is 0.0112. The first kappa shape index (κ1) is 17.0. The summed E-state index contributed by atoms with van der Waals surface area (Å²) >= 11 is 1.61. The van der Waals surface area contributed by atoms with Crippen molar-refractivity contribution in [1.82, 2.24) is 14.9 Å². The molecule has 26 heavy (non-hydrogen) atoms. The van der Waals surface area contributed by atoms with E-state index in [1.54, 1.807) is 29.5 Å². The highest BCUT2D eigenvalue weighted by atomic mass is 32.1. The van der Waals surface area contributed by atoms with Crippen molar-refractivity contribution >= 4 is 28.1 Å². The number of amides is 1. The second-order valence-corrected chi connectivity index (χ2v) is 7.48. The highest BCUT2D eigenvalue weighted by Crippen LogP contribution is 2.16. The third kappa shape index (κ3) is 3.42. The number of aromatic nitrogens is 2. The van der Waals surface area contributed by atoms with Crippen molar-refractivity contribution in [1.29, 1.82) is 0 Å². The van der Waals surface area contributed by atoms with Crippen LogP contribution >= 0.6 is 11.3 Å². The predicted molar refractivity (Wildman–Crippen MR) is 104 cm³/mol. The van der Waals surface area contributed by atoms with Crippen molar-refractivity contribution in [2.24, 2.45) is 0 Å². The highest BCUT2D eigenvalue weighted by Gasteiger charge is 2.14. The molecule has 3 heterocycles. The van der Waals surface area contributed by atoms with E-state index in [9.17, 15) is 9.59 Å². The van der Waals surface area contributed by atoms with Crippen molar-refractivity contribution in [2.75, 3.05) is 0 Å². The molecule has 0 saturated heterocycles. The van der Waals surface area contributed by atoms with Crippen molar-refractivity contribution in [3.05, 3.63) is 62.3 Å². The molecule has 0 aliphatic carbocycles. The van der Waals surface area contributed by atoms with E-state index in [1.165, 1.54) is 6.42 Å². The maximum atomic E-state index is 12.8. The second-order valence-electron chi connectivity index (χ2n) is 6.70. The van der Waals surface area contributed by atoms with Gasteiger partial charge in [0.15, 0.2) is 0 Å². The van der Waals surface area contributed by atoms with Gasteiger partial charge in [-0.05, 0) is 53.4 Å². The van der Waals surface area contributed by atoms with E-state index in [2.05, 4.69) is 5.32 Å². The van der Waals surface area contributed by atoms with Gasteiger partial charge >= 0.3 is 0 Å². The molecule has 3 aromatic rings. The zero-order chi connectivity index (χ0) is 17.9. The summed E-state index contributed by atoms with van der Waals surface area (Å²) in [4.78, 5) is 30.0. The third-order valence-corrected chi connectivity index (χ3v) is 5.59. The van der Waals surface area contributed by atoms with E-state index in [-0.39, 0.29) is 11.5 Å². The molecule has 5 nitrogen and oxygen atoms in total. The number of hydrogen-bond acceptors (Lipinski definition) is 4. The average molecular weight is 367 g/mol. The number of carbonyl (C=O) groups is 1. The lowest BCUT2D eigenvalue weighted by molar-refractivity contribution is 0.0951. The molecule has 0 fully saturated rings. The third-order valence-electron chi connectivity index (χ3n) is 4.86. The van der Waals surface area contributed by atoms with Gasteiger partial charge in [-0.2, -0.15) is 11.3 Å². The summed E-state index contributed by atoms with van der Waals surface area (Å²) in [5, 5.41) is 7.51. The molecule has 1 aliphatic rings. The summed E-state index contributed by atoms with van der Waals surface area (Å²) in [5.74, 6) is 0.699. The molecule has 134 valence electrons. The summed E-state index contributed by atoms with van der Waals surface area (Å²) in [6.07, 6.45) is 5.23. The van der Waals surface area contributed by atoms with Gasteiger partial charge in [0.25, 0.3) is 11.5 Å². The lowest BCUT2D eigenvalue weighted by Gasteiger charge is -2.16. The number of hydrogen-bond donors (Lipinski definition) is 1. The quantitative estimate of drug-likeness (QED) is 0.770. The van der Waals surface area contributed by atoms with Crippen molar-refractivity contribution in [3.8, 4) is 0 Å². The van der Waals surface area contributed by atoms with Crippen LogP contribution in [0.5, 0.6) is 0 Å². The first-order valence-corrected chi connectivity index (χ1v) is 9.99. The zero-order valence-electron chi connectivity index (χ0n) is 14.5. The van der Waals surface area contributed by atoms with E-state index in [1.807, 2.05) is 21.4 Å². The lowest BCUT2D eigenvalue weighted by Crippen LogP contribution is -2.27. The summed E-state index contributed by atoms with van der Waals surface area (Å²) in [5.41, 5.74) is 2.25. The number of fused-ring (bicyclic) bond motifs is 2. The van der Waals surface area contributed by atoms with Crippen molar-refractivity contribution < 1.29 is 4.79 Å². The summed E-state index contributed by atoms with van der Waals surface area (Å²) < 4.78 is 1.82. The molecule has 1 aliphatic heterocycles. The molecule has 0 radical (unpaired) electrons. The van der Waals surface area contributed by atoms with Crippen LogP contribution in [0.2, 0.25) is 0 Å². The van der Waals surface area contributed by atoms with Crippen LogP contribution in [0.25, 0.3) is 10.9 Å². The van der Waals surface area contributed by atoms with Crippen molar-refractivity contribution in [3.63, 3.8) is 0 Å². The molecule has 1 N–H and O–H groups in total. The van der Waals surface area contributed by atoms with Gasteiger partial charge < -0.3 is 5.32 Å². The number of aryl methyl sites for hydroxylation is 1. The summed E-state index contributed by atoms with van der Waals surface area (Å²) in [7, 11) is 0. The summed E-state index contributed by atoms with van der Waals surface area (Å²) in [6.45, 7) is 1.24. The number of benzene rings is 1. The highest BCUT2D eigenvalue weighted by molar-refractivity contribution is 7.07. The fourth-order valence-corrected chi connectivity index (χ4v) is 4.08. The monoisotopic (exact) mass is 367 g/mol. The Bertz CT molecular complexity index is 992. The van der Waals surface area contributed by atoms with Crippen molar-refractivity contribution in [2.45, 2.75) is 45.2 Å². The average Bonchev–Trinajstić information content (AvgIpc) is 3.14. The Kier molecular flexibility index (Phi) is 4.84. The maximum Gasteiger partial charge on any atom is 0.261 e. The van der Waals surface area contributed by atoms with Crippen LogP contribution < -0.4 is 10.9 Å². The van der Waals surface area contributed by atoms with Crippen LogP contribution in [0, 0.1) is 0 Å². The molecule has 6 heteroatoms. The lowest BCUT2D eigenvalue weighted by atomic mass is 10.1. The Morgan fingerprint density at radius 2 is 2.08 bits per heavy atom. The first-order chi connectivity index (χ1) is 12.7. The molecule has 1 amide bonds. The molecule has 0 bridgehead atoms. The fraction of sp³-hybridized carbons (Fsp3) is 0.350. The van der Waals surface area contributed by atoms with Crippen LogP contribution in [0.3, 0.4) is 0 Å². The van der Waals surface area contributed by atoms with E-state index >= 15 is 0 Å². The van der Waals surface area contributed by atoms with E-state index < -0.39 is 0 Å². The molecular formula is C20H21N3O2S. The second kappa shape index (κ2) is 7.41. The molecule has 1 aromatic carbocycles. The van der Waals surface area contributed by atoms with E-state index in [0.29, 0.717) is 23.0 Å². The molecule has 4 rings (SSSR count). The van der Waals surface area contributed by atoms with Gasteiger partial charge in [0.1, 0.15) is 5.82 Å². The van der Waals surface area contributed by atoms with Gasteiger partial charge in [-0.1, -0.05) is 12.8 Å². The van der Waals surface area contributed by atoms with Gasteiger partial charge in [0, 0.05) is 25.1 Å². The molecular weight excluding hydrogens is 346 g/mol. The Hall–Kier alpha value is -2.47. The summed E-state index contributed by atoms with van der Waals surface area (Å²) in [6, 6.07) is 7.17. The number of nitrogens with one attached hydrogen (secondary N) is 1. The van der Waals surface area contributed by atoms with Crippen LogP contribution in [0.1, 0.15) is 47.4 Å². The number of carbonyl (C=O) groups excluding carboxylic acids is 1. The standard InChI is InChI=1S/C20H21N3O2S/c24-19(21-12-14-8-10-26-13-14)15-6-7-16-17(11-15)22-18-5-3-1-2-4-9-23(18)20(16)25/h6-8,10-11,13H,1-5,9,12H2,(H,21,24). The molecule has 2 aromatic heterocycles. The van der Waals surface area contributed by atoms with Gasteiger partial charge in [-0.3, -0.25) is 14.2 Å². The molecule has 0 spiro atoms. The van der Waals surface area contributed by atoms with E-state index in [0.717, 1.165) is 43.6 Å². The Morgan fingerprint density at radius 3 is 2.92 bits per heavy atom. The minimum atomic E-state index is -0.147. The van der Waals surface area contributed by atoms with Crippen LogP contribution in [-0.2, 0) is 19.5 Å². The Labute approximate surface area is 155 Å². The minimum Gasteiger partial charge on any atom is -0.348 e. The predicted octanol–water partition coefficient (Wildman–Crippen LogP) is 3.50. The SMILES string of the molecule is O=C(NCc1ccsc1)c1ccc2c(=O)n3c(nc2c1)CCCCCC3. The number of thiophene rings is 1. The Balaban J connectivity index is 1.65. The van der Waals surface area contributed by atoms with Gasteiger partial charge in [0.2, 0.25) is 0 Å². The normalized spacial score (nSPS) is 14.5. The largest absolute Gasteiger partial charge is 0.348 e. The smallest absolute Gasteiger partial charge is 0.261 e. The molecule has 0 atom stereocenters.